The molecular weight excluding hydrogens is 356 g/mol. The predicted molar refractivity (Wildman–Crippen MR) is 109 cm³/mol. The zero-order valence-electron chi connectivity index (χ0n) is 15.6. The van der Waals surface area contributed by atoms with Crippen molar-refractivity contribution in [1.82, 2.24) is 0 Å². The molecule has 0 fully saturated rings. The van der Waals surface area contributed by atoms with Crippen LogP contribution >= 0.6 is 0 Å². The third kappa shape index (κ3) is 4.04. The Hall–Kier alpha value is -3.60. The van der Waals surface area contributed by atoms with Gasteiger partial charge in [-0.15, -0.1) is 0 Å². The highest BCUT2D eigenvalue weighted by Gasteiger charge is 2.19. The molecule has 0 saturated heterocycles. The van der Waals surface area contributed by atoms with Crippen molar-refractivity contribution in [3.63, 3.8) is 0 Å². The van der Waals surface area contributed by atoms with E-state index in [0.717, 1.165) is 11.1 Å². The molecule has 3 aromatic rings. The molecule has 0 spiro atoms. The second kappa shape index (κ2) is 7.96. The van der Waals surface area contributed by atoms with Crippen molar-refractivity contribution in [2.45, 2.75) is 12.8 Å². The molecule has 5 nitrogen and oxygen atoms in total. The van der Waals surface area contributed by atoms with Crippen molar-refractivity contribution in [1.29, 1.82) is 0 Å². The number of methoxy groups -OCH3 is 1. The van der Waals surface area contributed by atoms with Gasteiger partial charge in [-0.3, -0.25) is 0 Å². The number of hydrogen-bond acceptors (Lipinski definition) is 5. The molecule has 0 aromatic heterocycles. The maximum absolute atomic E-state index is 10.5. The molecule has 28 heavy (non-hydrogen) atoms. The van der Waals surface area contributed by atoms with E-state index in [-0.39, 0.29) is 28.9 Å². The number of benzene rings is 3. The molecule has 3 aromatic carbocycles. The van der Waals surface area contributed by atoms with Crippen molar-refractivity contribution in [3.8, 4) is 28.7 Å². The minimum atomic E-state index is -0.227. The van der Waals surface area contributed by atoms with Gasteiger partial charge in [-0.1, -0.05) is 37.3 Å². The van der Waals surface area contributed by atoms with Crippen molar-refractivity contribution < 1.29 is 25.2 Å². The maximum Gasteiger partial charge on any atom is 0.160 e. The van der Waals surface area contributed by atoms with Gasteiger partial charge in [-0.25, -0.2) is 0 Å². The molecule has 3 rings (SSSR count). The molecule has 0 amide bonds. The van der Waals surface area contributed by atoms with Crippen LogP contribution in [0.5, 0.6) is 28.7 Å². The zero-order chi connectivity index (χ0) is 20.3. The van der Waals surface area contributed by atoms with E-state index < -0.39 is 0 Å². The number of phenols is 4. The lowest BCUT2D eigenvalue weighted by Gasteiger charge is -2.18. The van der Waals surface area contributed by atoms with Crippen LogP contribution in [-0.2, 0) is 0 Å². The van der Waals surface area contributed by atoms with Crippen molar-refractivity contribution in [2.24, 2.45) is 0 Å². The SMILES string of the molecule is COc1cc(C(C)c2c(O)cc(O)cc2/C=C/c2ccc(O)cc2)ccc1O. The minimum Gasteiger partial charge on any atom is -0.508 e. The molecule has 0 aliphatic rings. The third-order valence-electron chi connectivity index (χ3n) is 4.66. The highest BCUT2D eigenvalue weighted by molar-refractivity contribution is 5.74. The van der Waals surface area contributed by atoms with E-state index >= 15 is 0 Å². The first-order chi connectivity index (χ1) is 13.4. The van der Waals surface area contributed by atoms with Crippen molar-refractivity contribution in [3.05, 3.63) is 76.9 Å². The van der Waals surface area contributed by atoms with E-state index in [9.17, 15) is 20.4 Å². The summed E-state index contributed by atoms with van der Waals surface area (Å²) in [6, 6.07) is 14.6. The van der Waals surface area contributed by atoms with Crippen LogP contribution in [-0.4, -0.2) is 27.5 Å². The van der Waals surface area contributed by atoms with Gasteiger partial charge in [0.1, 0.15) is 17.2 Å². The maximum atomic E-state index is 10.5. The van der Waals surface area contributed by atoms with Crippen LogP contribution in [0.3, 0.4) is 0 Å². The normalized spacial score (nSPS) is 12.2. The largest absolute Gasteiger partial charge is 0.508 e. The molecule has 144 valence electrons. The number of hydrogen-bond donors (Lipinski definition) is 4. The molecule has 5 heteroatoms. The molecule has 0 saturated carbocycles. The third-order valence-corrected chi connectivity index (χ3v) is 4.66. The van der Waals surface area contributed by atoms with E-state index in [1.807, 2.05) is 13.0 Å². The topological polar surface area (TPSA) is 90.2 Å². The summed E-state index contributed by atoms with van der Waals surface area (Å²) in [7, 11) is 1.48. The zero-order valence-corrected chi connectivity index (χ0v) is 15.6. The van der Waals surface area contributed by atoms with Gasteiger partial charge >= 0.3 is 0 Å². The smallest absolute Gasteiger partial charge is 0.160 e. The van der Waals surface area contributed by atoms with Gasteiger partial charge in [0.25, 0.3) is 0 Å². The first-order valence-corrected chi connectivity index (χ1v) is 8.79. The predicted octanol–water partition coefficient (Wildman–Crippen LogP) is 4.84. The molecule has 0 bridgehead atoms. The lowest BCUT2D eigenvalue weighted by Crippen LogP contribution is -2.00. The van der Waals surface area contributed by atoms with Crippen LogP contribution in [0.15, 0.2) is 54.6 Å². The standard InChI is InChI=1S/C23H22O5/c1-14(16-7-10-20(26)22(12-16)28-2)23-17(11-19(25)13-21(23)27)6-3-15-4-8-18(24)9-5-15/h3-14,24-27H,1-2H3/b6-3+. The minimum absolute atomic E-state index is 0.0232. The van der Waals surface area contributed by atoms with Crippen molar-refractivity contribution in [2.75, 3.05) is 7.11 Å². The number of aromatic hydroxyl groups is 4. The van der Waals surface area contributed by atoms with Crippen LogP contribution in [0.25, 0.3) is 12.2 Å². The Balaban J connectivity index is 2.04. The molecule has 4 N–H and O–H groups in total. The highest BCUT2D eigenvalue weighted by atomic mass is 16.5. The van der Waals surface area contributed by atoms with Crippen LogP contribution in [0.4, 0.5) is 0 Å². The van der Waals surface area contributed by atoms with Gasteiger partial charge in [0.2, 0.25) is 0 Å². The average Bonchev–Trinajstić information content (AvgIpc) is 2.67. The lowest BCUT2D eigenvalue weighted by atomic mass is 9.88. The van der Waals surface area contributed by atoms with E-state index in [1.165, 1.54) is 13.2 Å². The summed E-state index contributed by atoms with van der Waals surface area (Å²) in [5, 5.41) is 39.7. The summed E-state index contributed by atoms with van der Waals surface area (Å²) in [5.74, 6) is 0.286. The monoisotopic (exact) mass is 378 g/mol. The summed E-state index contributed by atoms with van der Waals surface area (Å²) in [6.07, 6.45) is 3.64. The van der Waals surface area contributed by atoms with Gasteiger partial charge in [0, 0.05) is 17.5 Å². The van der Waals surface area contributed by atoms with Gasteiger partial charge in [-0.05, 0) is 47.0 Å². The molecule has 0 aliphatic heterocycles. The Bertz CT molecular complexity index is 1010. The number of rotatable bonds is 5. The summed E-state index contributed by atoms with van der Waals surface area (Å²) in [6.45, 7) is 1.93. The fraction of sp³-hybridized carbons (Fsp3) is 0.130. The lowest BCUT2D eigenvalue weighted by molar-refractivity contribution is 0.372. The Kier molecular flexibility index (Phi) is 5.45. The fourth-order valence-corrected chi connectivity index (χ4v) is 3.16. The van der Waals surface area contributed by atoms with Gasteiger partial charge < -0.3 is 25.2 Å². The quantitative estimate of drug-likeness (QED) is 0.477. The second-order valence-corrected chi connectivity index (χ2v) is 6.55. The van der Waals surface area contributed by atoms with Crippen molar-refractivity contribution >= 4 is 12.2 Å². The fourth-order valence-electron chi connectivity index (χ4n) is 3.16. The molecule has 0 heterocycles. The van der Waals surface area contributed by atoms with Crippen LogP contribution in [0.1, 0.15) is 35.1 Å². The van der Waals surface area contributed by atoms with Crippen LogP contribution < -0.4 is 4.74 Å². The first-order valence-electron chi connectivity index (χ1n) is 8.79. The molecular formula is C23H22O5. The molecule has 1 unspecified atom stereocenters. The van der Waals surface area contributed by atoms with Crippen LogP contribution in [0, 0.1) is 0 Å². The van der Waals surface area contributed by atoms with E-state index in [0.29, 0.717) is 16.9 Å². The first kappa shape index (κ1) is 19.2. The van der Waals surface area contributed by atoms with Gasteiger partial charge in [0.15, 0.2) is 11.5 Å². The Morgan fingerprint density at radius 2 is 1.50 bits per heavy atom. The summed E-state index contributed by atoms with van der Waals surface area (Å²) in [5.41, 5.74) is 3.01. The number of ether oxygens (including phenoxy) is 1. The Labute approximate surface area is 163 Å². The number of phenolic OH excluding ortho intramolecular Hbond substituents is 4. The van der Waals surface area contributed by atoms with E-state index in [2.05, 4.69) is 0 Å². The highest BCUT2D eigenvalue weighted by Crippen LogP contribution is 2.39. The summed E-state index contributed by atoms with van der Waals surface area (Å²) >= 11 is 0. The van der Waals surface area contributed by atoms with E-state index in [1.54, 1.807) is 54.6 Å². The molecule has 0 radical (unpaired) electrons. The van der Waals surface area contributed by atoms with Gasteiger partial charge in [0.05, 0.1) is 7.11 Å². The molecule has 1 atom stereocenters. The second-order valence-electron chi connectivity index (χ2n) is 6.55. The summed E-state index contributed by atoms with van der Waals surface area (Å²) in [4.78, 5) is 0. The Morgan fingerprint density at radius 1 is 0.786 bits per heavy atom. The van der Waals surface area contributed by atoms with Gasteiger partial charge in [-0.2, -0.15) is 0 Å². The molecule has 0 aliphatic carbocycles. The van der Waals surface area contributed by atoms with E-state index in [4.69, 9.17) is 4.74 Å². The Morgan fingerprint density at radius 3 is 2.18 bits per heavy atom. The summed E-state index contributed by atoms with van der Waals surface area (Å²) < 4.78 is 5.18. The average molecular weight is 378 g/mol. The van der Waals surface area contributed by atoms with Crippen LogP contribution in [0.2, 0.25) is 0 Å².